The molecule has 96 valence electrons. The number of hydrogen-bond acceptors (Lipinski definition) is 5. The van der Waals surface area contributed by atoms with Crippen LogP contribution in [0.15, 0.2) is 33.9 Å². The molecule has 0 aliphatic rings. The van der Waals surface area contributed by atoms with E-state index in [2.05, 4.69) is 10.3 Å². The molecular formula is C12H14N2O3S. The van der Waals surface area contributed by atoms with Gasteiger partial charge in [-0.2, -0.15) is 0 Å². The molecule has 0 radical (unpaired) electrons. The van der Waals surface area contributed by atoms with Crippen molar-refractivity contribution in [2.75, 3.05) is 12.3 Å². The van der Waals surface area contributed by atoms with Crippen molar-refractivity contribution in [1.82, 2.24) is 10.3 Å². The summed E-state index contributed by atoms with van der Waals surface area (Å²) in [5, 5.41) is 12.1. The van der Waals surface area contributed by atoms with Gasteiger partial charge in [-0.05, 0) is 19.1 Å². The molecule has 2 N–H and O–H groups in total. The molecule has 5 nitrogen and oxygen atoms in total. The summed E-state index contributed by atoms with van der Waals surface area (Å²) in [6.45, 7) is 1.88. The van der Waals surface area contributed by atoms with Crippen LogP contribution in [0.1, 0.15) is 6.92 Å². The predicted octanol–water partition coefficient (Wildman–Crippen LogP) is 1.42. The molecule has 0 fully saturated rings. The lowest BCUT2D eigenvalue weighted by Crippen LogP contribution is -2.31. The molecule has 0 bridgehead atoms. The maximum atomic E-state index is 11.4. The Morgan fingerprint density at radius 1 is 1.56 bits per heavy atom. The third-order valence-corrected chi connectivity index (χ3v) is 3.02. The number of nitrogens with zero attached hydrogens (tertiary/aromatic N) is 1. The van der Waals surface area contributed by atoms with Gasteiger partial charge in [0.15, 0.2) is 5.58 Å². The summed E-state index contributed by atoms with van der Waals surface area (Å²) < 4.78 is 5.47. The van der Waals surface area contributed by atoms with Gasteiger partial charge in [-0.3, -0.25) is 4.79 Å². The van der Waals surface area contributed by atoms with Crippen molar-refractivity contribution in [3.05, 3.63) is 24.3 Å². The van der Waals surface area contributed by atoms with E-state index in [4.69, 9.17) is 9.52 Å². The fourth-order valence-electron chi connectivity index (χ4n) is 1.35. The summed E-state index contributed by atoms with van der Waals surface area (Å²) in [4.78, 5) is 15.7. The first-order valence-corrected chi connectivity index (χ1v) is 6.57. The van der Waals surface area contributed by atoms with Crippen LogP contribution in [-0.2, 0) is 4.79 Å². The fraction of sp³-hybridized carbons (Fsp3) is 0.333. The largest absolute Gasteiger partial charge is 0.431 e. The van der Waals surface area contributed by atoms with E-state index in [0.717, 1.165) is 5.52 Å². The van der Waals surface area contributed by atoms with Crippen LogP contribution < -0.4 is 5.32 Å². The highest BCUT2D eigenvalue weighted by atomic mass is 32.2. The lowest BCUT2D eigenvalue weighted by Gasteiger charge is -2.05. The minimum Gasteiger partial charge on any atom is -0.431 e. The summed E-state index contributed by atoms with van der Waals surface area (Å²) in [7, 11) is 0. The van der Waals surface area contributed by atoms with Gasteiger partial charge in [-0.1, -0.05) is 23.9 Å². The van der Waals surface area contributed by atoms with E-state index in [1.54, 1.807) is 6.92 Å². The second-order valence-corrected chi connectivity index (χ2v) is 4.82. The van der Waals surface area contributed by atoms with Crippen molar-refractivity contribution in [1.29, 1.82) is 0 Å². The summed E-state index contributed by atoms with van der Waals surface area (Å²) in [5.74, 6) is 0.0719. The molecular weight excluding hydrogens is 252 g/mol. The molecule has 0 aliphatic carbocycles. The van der Waals surface area contributed by atoms with E-state index in [0.29, 0.717) is 10.8 Å². The number of amides is 1. The van der Waals surface area contributed by atoms with Gasteiger partial charge in [-0.15, -0.1) is 0 Å². The Labute approximate surface area is 109 Å². The lowest BCUT2D eigenvalue weighted by atomic mass is 10.3. The Morgan fingerprint density at radius 2 is 2.33 bits per heavy atom. The first-order valence-electron chi connectivity index (χ1n) is 5.58. The predicted molar refractivity (Wildman–Crippen MR) is 69.4 cm³/mol. The minimum absolute atomic E-state index is 0.150. The molecule has 0 aliphatic heterocycles. The van der Waals surface area contributed by atoms with Gasteiger partial charge in [0, 0.05) is 6.54 Å². The number of oxazole rings is 1. The van der Waals surface area contributed by atoms with E-state index >= 15 is 0 Å². The maximum absolute atomic E-state index is 11.4. The number of nitrogens with one attached hydrogen (secondary N) is 1. The zero-order chi connectivity index (χ0) is 13.0. The molecule has 18 heavy (non-hydrogen) atoms. The number of aliphatic hydroxyl groups excluding tert-OH is 1. The van der Waals surface area contributed by atoms with Crippen molar-refractivity contribution in [2.45, 2.75) is 18.3 Å². The van der Waals surface area contributed by atoms with Gasteiger partial charge in [0.05, 0.1) is 11.9 Å². The van der Waals surface area contributed by atoms with Gasteiger partial charge < -0.3 is 14.8 Å². The minimum atomic E-state index is -0.539. The number of para-hydroxylation sites is 2. The monoisotopic (exact) mass is 266 g/mol. The van der Waals surface area contributed by atoms with Crippen LogP contribution in [0.2, 0.25) is 0 Å². The van der Waals surface area contributed by atoms with E-state index in [9.17, 15) is 4.79 Å². The number of rotatable bonds is 5. The first-order chi connectivity index (χ1) is 8.65. The van der Waals surface area contributed by atoms with Gasteiger partial charge >= 0.3 is 0 Å². The normalized spacial score (nSPS) is 12.6. The van der Waals surface area contributed by atoms with Crippen LogP contribution in [0.3, 0.4) is 0 Å². The van der Waals surface area contributed by atoms with Crippen molar-refractivity contribution in [3.63, 3.8) is 0 Å². The number of thioether (sulfide) groups is 1. The van der Waals surface area contributed by atoms with Crippen LogP contribution in [0.5, 0.6) is 0 Å². The molecule has 1 aromatic heterocycles. The second kappa shape index (κ2) is 5.88. The fourth-order valence-corrected chi connectivity index (χ4v) is 2.02. The van der Waals surface area contributed by atoms with Crippen molar-refractivity contribution < 1.29 is 14.3 Å². The number of aliphatic hydroxyl groups is 1. The number of hydrogen-bond donors (Lipinski definition) is 2. The van der Waals surface area contributed by atoms with Crippen LogP contribution in [0.4, 0.5) is 0 Å². The number of fused-ring (bicyclic) bond motifs is 1. The molecule has 1 aromatic carbocycles. The number of benzene rings is 1. The second-order valence-electron chi connectivity index (χ2n) is 3.89. The Hall–Kier alpha value is -1.53. The molecule has 0 saturated carbocycles. The van der Waals surface area contributed by atoms with Gasteiger partial charge in [0.25, 0.3) is 5.22 Å². The topological polar surface area (TPSA) is 75.4 Å². The average Bonchev–Trinajstić information content (AvgIpc) is 2.76. The molecule has 0 spiro atoms. The zero-order valence-electron chi connectivity index (χ0n) is 9.92. The molecule has 1 amide bonds. The highest BCUT2D eigenvalue weighted by molar-refractivity contribution is 7.99. The Kier molecular flexibility index (Phi) is 4.22. The third kappa shape index (κ3) is 3.48. The van der Waals surface area contributed by atoms with Crippen LogP contribution in [0, 0.1) is 0 Å². The molecule has 2 aromatic rings. The molecule has 0 saturated heterocycles. The molecule has 6 heteroatoms. The van der Waals surface area contributed by atoms with Gasteiger partial charge in [0.1, 0.15) is 5.52 Å². The Morgan fingerprint density at radius 3 is 3.06 bits per heavy atom. The smallest absolute Gasteiger partial charge is 0.257 e. The number of aromatic nitrogens is 1. The molecule has 0 unspecified atom stereocenters. The highest BCUT2D eigenvalue weighted by Crippen LogP contribution is 2.22. The number of carbonyl (C=O) groups excluding carboxylic acids is 1. The Balaban J connectivity index is 1.88. The van der Waals surface area contributed by atoms with Crippen molar-refractivity contribution in [3.8, 4) is 0 Å². The van der Waals surface area contributed by atoms with Crippen LogP contribution in [-0.4, -0.2) is 34.4 Å². The number of carbonyl (C=O) groups is 1. The third-order valence-electron chi connectivity index (χ3n) is 2.20. The van der Waals surface area contributed by atoms with E-state index in [-0.39, 0.29) is 18.2 Å². The van der Waals surface area contributed by atoms with Gasteiger partial charge in [0.2, 0.25) is 5.91 Å². The zero-order valence-corrected chi connectivity index (χ0v) is 10.7. The molecule has 1 heterocycles. The van der Waals surface area contributed by atoms with Crippen molar-refractivity contribution in [2.24, 2.45) is 0 Å². The first kappa shape index (κ1) is 12.9. The summed E-state index contributed by atoms with van der Waals surface area (Å²) >= 11 is 1.23. The van der Waals surface area contributed by atoms with Gasteiger partial charge in [-0.25, -0.2) is 4.98 Å². The SMILES string of the molecule is C[C@@H](O)CNC(=O)CSc1nc2ccccc2o1. The summed E-state index contributed by atoms with van der Waals surface area (Å²) in [6.07, 6.45) is -0.539. The summed E-state index contributed by atoms with van der Waals surface area (Å²) in [6, 6.07) is 7.45. The van der Waals surface area contributed by atoms with Crippen LogP contribution in [0.25, 0.3) is 11.1 Å². The van der Waals surface area contributed by atoms with E-state index in [1.165, 1.54) is 11.8 Å². The van der Waals surface area contributed by atoms with Crippen LogP contribution >= 0.6 is 11.8 Å². The maximum Gasteiger partial charge on any atom is 0.257 e. The lowest BCUT2D eigenvalue weighted by molar-refractivity contribution is -0.118. The summed E-state index contributed by atoms with van der Waals surface area (Å²) in [5.41, 5.74) is 1.49. The standard InChI is InChI=1S/C12H14N2O3S/c1-8(15)6-13-11(16)7-18-12-14-9-4-2-3-5-10(9)17-12/h2-5,8,15H,6-7H2,1H3,(H,13,16)/t8-/m1/s1. The quantitative estimate of drug-likeness (QED) is 0.800. The molecule has 1 atom stereocenters. The highest BCUT2D eigenvalue weighted by Gasteiger charge is 2.09. The average molecular weight is 266 g/mol. The van der Waals surface area contributed by atoms with Crippen molar-refractivity contribution >= 4 is 28.8 Å². The van der Waals surface area contributed by atoms with E-state index < -0.39 is 6.10 Å². The Bertz CT molecular complexity index is 506. The molecule has 2 rings (SSSR count). The van der Waals surface area contributed by atoms with E-state index in [1.807, 2.05) is 24.3 Å².